The Morgan fingerprint density at radius 2 is 1.29 bits per heavy atom. The fourth-order valence-electron chi connectivity index (χ4n) is 2.40. The molecule has 1 fully saturated rings. The fourth-order valence-corrected chi connectivity index (χ4v) is 2.58. The van der Waals surface area contributed by atoms with E-state index in [0.29, 0.717) is 30.9 Å². The maximum Gasteiger partial charge on any atom is 0.160 e. The zero-order chi connectivity index (χ0) is 12.3. The highest BCUT2D eigenvalue weighted by Gasteiger charge is 2.23. The zero-order valence-corrected chi connectivity index (χ0v) is 12.0. The van der Waals surface area contributed by atoms with E-state index in [4.69, 9.17) is 32.7 Å². The average molecular weight is 283 g/mol. The minimum Gasteiger partial charge on any atom is -0.351 e. The van der Waals surface area contributed by atoms with Crippen LogP contribution in [0.1, 0.15) is 44.9 Å². The van der Waals surface area contributed by atoms with Crippen LogP contribution in [-0.4, -0.2) is 31.3 Å². The average Bonchev–Trinajstić information content (AvgIpc) is 2.30. The van der Waals surface area contributed by atoms with E-state index in [9.17, 15) is 0 Å². The second kappa shape index (κ2) is 10.4. The Hall–Kier alpha value is 0.500. The molecule has 0 radical (unpaired) electrons. The van der Waals surface area contributed by atoms with Gasteiger partial charge in [0.25, 0.3) is 0 Å². The molecule has 0 atom stereocenters. The highest BCUT2D eigenvalue weighted by Crippen LogP contribution is 2.27. The largest absolute Gasteiger partial charge is 0.351 e. The summed E-state index contributed by atoms with van der Waals surface area (Å²) in [6.07, 6.45) is 8.94. The van der Waals surface area contributed by atoms with Crippen LogP contribution in [-0.2, 0) is 9.47 Å². The van der Waals surface area contributed by atoms with Gasteiger partial charge in [-0.05, 0) is 12.8 Å². The van der Waals surface area contributed by atoms with Gasteiger partial charge in [-0.2, -0.15) is 0 Å². The molecule has 0 aromatic carbocycles. The van der Waals surface area contributed by atoms with Crippen LogP contribution in [0.25, 0.3) is 0 Å². The summed E-state index contributed by atoms with van der Waals surface area (Å²) in [7, 11) is 0. The zero-order valence-electron chi connectivity index (χ0n) is 10.5. The van der Waals surface area contributed by atoms with Gasteiger partial charge in [-0.1, -0.05) is 32.1 Å². The maximum absolute atomic E-state index is 5.72. The van der Waals surface area contributed by atoms with Gasteiger partial charge >= 0.3 is 0 Å². The second-order valence-corrected chi connectivity index (χ2v) is 5.35. The van der Waals surface area contributed by atoms with E-state index in [1.165, 1.54) is 44.9 Å². The van der Waals surface area contributed by atoms with Crippen molar-refractivity contribution in [1.29, 1.82) is 0 Å². The lowest BCUT2D eigenvalue weighted by molar-refractivity contribution is -0.169. The van der Waals surface area contributed by atoms with E-state index in [-0.39, 0.29) is 6.29 Å². The van der Waals surface area contributed by atoms with Gasteiger partial charge in [0.15, 0.2) is 6.29 Å². The first-order valence-corrected chi connectivity index (χ1v) is 7.80. The summed E-state index contributed by atoms with van der Waals surface area (Å²) in [5.74, 6) is 1.56. The second-order valence-electron chi connectivity index (χ2n) is 4.59. The molecule has 0 aromatic heterocycles. The Morgan fingerprint density at radius 3 is 1.76 bits per heavy atom. The fraction of sp³-hybridized carbons (Fsp3) is 1.00. The number of hydrogen-bond acceptors (Lipinski definition) is 2. The van der Waals surface area contributed by atoms with Crippen molar-refractivity contribution in [2.75, 3.05) is 25.0 Å². The predicted molar refractivity (Wildman–Crippen MR) is 72.9 cm³/mol. The molecule has 0 spiro atoms. The highest BCUT2D eigenvalue weighted by molar-refractivity contribution is 6.18. The van der Waals surface area contributed by atoms with Crippen molar-refractivity contribution in [2.24, 2.45) is 5.92 Å². The Bertz CT molecular complexity index is 163. The summed E-state index contributed by atoms with van der Waals surface area (Å²) >= 11 is 11.3. The molecular formula is C13H24Cl2O2. The summed E-state index contributed by atoms with van der Waals surface area (Å²) < 4.78 is 11.4. The first kappa shape index (κ1) is 15.6. The van der Waals surface area contributed by atoms with Gasteiger partial charge in [0.05, 0.1) is 13.2 Å². The summed E-state index contributed by atoms with van der Waals surface area (Å²) in [6.45, 7) is 1.12. The van der Waals surface area contributed by atoms with Crippen molar-refractivity contribution in [3.8, 4) is 0 Å². The molecule has 1 aliphatic rings. The third-order valence-electron chi connectivity index (χ3n) is 3.25. The molecule has 0 aromatic rings. The van der Waals surface area contributed by atoms with Crippen molar-refractivity contribution in [3.05, 3.63) is 0 Å². The molecule has 0 amide bonds. The maximum atomic E-state index is 5.72. The monoisotopic (exact) mass is 282 g/mol. The van der Waals surface area contributed by atoms with Gasteiger partial charge in [-0.25, -0.2) is 0 Å². The van der Waals surface area contributed by atoms with Crippen LogP contribution in [0.5, 0.6) is 0 Å². The lowest BCUT2D eigenvalue weighted by atomic mass is 9.90. The van der Waals surface area contributed by atoms with E-state index in [0.717, 1.165) is 0 Å². The number of rotatable bonds is 7. The standard InChI is InChI=1S/C13H24Cl2O2/c14-8-10-16-13(17-11-9-15)12-6-4-2-1-3-5-7-12/h12-13H,1-11H2. The number of ether oxygens (including phenoxy) is 2. The SMILES string of the molecule is ClCCOC(OCCCl)C1CCCCCCC1. The molecule has 0 saturated heterocycles. The predicted octanol–water partition coefficient (Wildman–Crippen LogP) is 4.18. The van der Waals surface area contributed by atoms with Crippen LogP contribution >= 0.6 is 23.2 Å². The van der Waals surface area contributed by atoms with Gasteiger partial charge in [0, 0.05) is 17.7 Å². The highest BCUT2D eigenvalue weighted by atomic mass is 35.5. The molecule has 1 rings (SSSR count). The van der Waals surface area contributed by atoms with Crippen LogP contribution in [0.15, 0.2) is 0 Å². The Kier molecular flexibility index (Phi) is 9.54. The lowest BCUT2D eigenvalue weighted by Gasteiger charge is -2.28. The molecule has 1 aliphatic carbocycles. The molecule has 4 heteroatoms. The minimum absolute atomic E-state index is 0.106. The van der Waals surface area contributed by atoms with Crippen LogP contribution in [0, 0.1) is 5.92 Å². The number of alkyl halides is 2. The number of hydrogen-bond donors (Lipinski definition) is 0. The van der Waals surface area contributed by atoms with E-state index in [1.54, 1.807) is 0 Å². The quantitative estimate of drug-likeness (QED) is 0.515. The van der Waals surface area contributed by atoms with Crippen molar-refractivity contribution >= 4 is 23.2 Å². The van der Waals surface area contributed by atoms with E-state index in [1.807, 2.05) is 0 Å². The van der Waals surface area contributed by atoms with Crippen molar-refractivity contribution in [1.82, 2.24) is 0 Å². The topological polar surface area (TPSA) is 18.5 Å². The molecule has 0 unspecified atom stereocenters. The summed E-state index contributed by atoms with van der Waals surface area (Å²) in [5.41, 5.74) is 0. The first-order valence-electron chi connectivity index (χ1n) is 6.73. The third-order valence-corrected chi connectivity index (χ3v) is 3.56. The van der Waals surface area contributed by atoms with Gasteiger partial charge < -0.3 is 9.47 Å². The molecule has 0 heterocycles. The van der Waals surface area contributed by atoms with Gasteiger partial charge in [0.2, 0.25) is 0 Å². The Balaban J connectivity index is 2.39. The van der Waals surface area contributed by atoms with Crippen molar-refractivity contribution < 1.29 is 9.47 Å². The van der Waals surface area contributed by atoms with E-state index < -0.39 is 0 Å². The number of halogens is 2. The summed E-state index contributed by atoms with van der Waals surface area (Å²) in [4.78, 5) is 0. The van der Waals surface area contributed by atoms with Crippen LogP contribution < -0.4 is 0 Å². The molecule has 1 saturated carbocycles. The summed E-state index contributed by atoms with van der Waals surface area (Å²) in [6, 6.07) is 0. The summed E-state index contributed by atoms with van der Waals surface area (Å²) in [5, 5.41) is 0. The van der Waals surface area contributed by atoms with Crippen molar-refractivity contribution in [2.45, 2.75) is 51.2 Å². The molecule has 2 nitrogen and oxygen atoms in total. The van der Waals surface area contributed by atoms with Gasteiger partial charge in [-0.3, -0.25) is 0 Å². The lowest BCUT2D eigenvalue weighted by Crippen LogP contribution is -2.29. The Morgan fingerprint density at radius 1 is 0.824 bits per heavy atom. The molecule has 17 heavy (non-hydrogen) atoms. The Labute approximate surface area is 115 Å². The van der Waals surface area contributed by atoms with Crippen LogP contribution in [0.2, 0.25) is 0 Å². The third kappa shape index (κ3) is 6.85. The van der Waals surface area contributed by atoms with Gasteiger partial charge in [-0.15, -0.1) is 23.2 Å². The van der Waals surface area contributed by atoms with Gasteiger partial charge in [0.1, 0.15) is 0 Å². The van der Waals surface area contributed by atoms with E-state index in [2.05, 4.69) is 0 Å². The first-order chi connectivity index (χ1) is 8.38. The molecule has 0 bridgehead atoms. The van der Waals surface area contributed by atoms with Crippen LogP contribution in [0.3, 0.4) is 0 Å². The minimum atomic E-state index is -0.106. The molecular weight excluding hydrogens is 259 g/mol. The molecule has 0 aliphatic heterocycles. The smallest absolute Gasteiger partial charge is 0.160 e. The normalized spacial score (nSPS) is 19.2. The molecule has 0 N–H and O–H groups in total. The van der Waals surface area contributed by atoms with E-state index >= 15 is 0 Å². The van der Waals surface area contributed by atoms with Crippen LogP contribution in [0.4, 0.5) is 0 Å². The van der Waals surface area contributed by atoms with Crippen molar-refractivity contribution in [3.63, 3.8) is 0 Å². The molecule has 102 valence electrons.